The van der Waals surface area contributed by atoms with Gasteiger partial charge in [0, 0.05) is 12.2 Å². The number of hydrogen-bond donors (Lipinski definition) is 2. The van der Waals surface area contributed by atoms with Gasteiger partial charge in [0.05, 0.1) is 0 Å². The van der Waals surface area contributed by atoms with Crippen molar-refractivity contribution in [3.05, 3.63) is 29.8 Å². The van der Waals surface area contributed by atoms with E-state index in [1.807, 2.05) is 12.1 Å². The van der Waals surface area contributed by atoms with E-state index in [1.54, 1.807) is 0 Å². The zero-order valence-electron chi connectivity index (χ0n) is 12.1. The maximum absolute atomic E-state index is 5.85. The van der Waals surface area contributed by atoms with Crippen molar-refractivity contribution in [2.45, 2.75) is 46.0 Å². The van der Waals surface area contributed by atoms with Crippen LogP contribution in [0.5, 0.6) is 0 Å². The van der Waals surface area contributed by atoms with E-state index in [0.29, 0.717) is 11.9 Å². The van der Waals surface area contributed by atoms with Gasteiger partial charge in [0.1, 0.15) is 0 Å². The summed E-state index contributed by atoms with van der Waals surface area (Å²) in [6.45, 7) is 7.35. The minimum Gasteiger partial charge on any atom is -0.370 e. The van der Waals surface area contributed by atoms with E-state index in [2.05, 4.69) is 43.2 Å². The van der Waals surface area contributed by atoms with Crippen molar-refractivity contribution in [1.82, 2.24) is 0 Å². The van der Waals surface area contributed by atoms with Gasteiger partial charge in [-0.2, -0.15) is 0 Å². The molecule has 0 aliphatic rings. The minimum absolute atomic E-state index is 0. The molecule has 0 aliphatic carbocycles. The number of nitrogens with one attached hydrogen (secondary N) is 1. The Kier molecular flexibility index (Phi) is 9.65. The van der Waals surface area contributed by atoms with Gasteiger partial charge in [-0.3, -0.25) is 4.99 Å². The van der Waals surface area contributed by atoms with Crippen molar-refractivity contribution >= 4 is 35.6 Å². The van der Waals surface area contributed by atoms with Crippen LogP contribution in [-0.2, 0) is 0 Å². The molecule has 4 heteroatoms. The maximum Gasteiger partial charge on any atom is 0.193 e. The summed E-state index contributed by atoms with van der Waals surface area (Å²) in [5.74, 6) is 1.03. The van der Waals surface area contributed by atoms with Crippen LogP contribution in [0.15, 0.2) is 29.3 Å². The Morgan fingerprint density at radius 3 is 2.68 bits per heavy atom. The zero-order chi connectivity index (χ0) is 13.4. The molecule has 3 N–H and O–H groups in total. The average molecular weight is 375 g/mol. The summed E-state index contributed by atoms with van der Waals surface area (Å²) in [7, 11) is 0. The second-order valence-corrected chi connectivity index (χ2v) is 4.88. The molecule has 1 aromatic rings. The van der Waals surface area contributed by atoms with Crippen molar-refractivity contribution in [2.75, 3.05) is 11.9 Å². The lowest BCUT2D eigenvalue weighted by atomic mass is 10.0. The number of unbranched alkanes of at least 4 members (excludes halogenated alkanes) is 2. The molecule has 1 rings (SSSR count). The Morgan fingerprint density at radius 2 is 2.05 bits per heavy atom. The lowest BCUT2D eigenvalue weighted by Crippen LogP contribution is -2.22. The molecule has 0 aromatic heterocycles. The molecule has 0 fully saturated rings. The number of hydrogen-bond acceptors (Lipinski definition) is 1. The molecular formula is C15H26IN3. The van der Waals surface area contributed by atoms with Crippen LogP contribution in [0.4, 0.5) is 5.69 Å². The van der Waals surface area contributed by atoms with Crippen LogP contribution >= 0.6 is 24.0 Å². The molecule has 0 unspecified atom stereocenters. The molecule has 1 aromatic carbocycles. The first-order valence-corrected chi connectivity index (χ1v) is 6.80. The number of aliphatic imine (C=N–C) groups is 1. The van der Waals surface area contributed by atoms with Crippen molar-refractivity contribution < 1.29 is 0 Å². The molecule has 0 radical (unpaired) electrons. The third kappa shape index (κ3) is 7.40. The van der Waals surface area contributed by atoms with E-state index in [1.165, 1.54) is 18.4 Å². The average Bonchev–Trinajstić information content (AvgIpc) is 2.35. The molecule has 19 heavy (non-hydrogen) atoms. The van der Waals surface area contributed by atoms with E-state index >= 15 is 0 Å². The first-order chi connectivity index (χ1) is 8.63. The van der Waals surface area contributed by atoms with Crippen molar-refractivity contribution in [3.63, 3.8) is 0 Å². The molecule has 0 bridgehead atoms. The number of guanidine groups is 1. The van der Waals surface area contributed by atoms with Gasteiger partial charge in [0.15, 0.2) is 5.96 Å². The lowest BCUT2D eigenvalue weighted by Gasteiger charge is -2.09. The van der Waals surface area contributed by atoms with Gasteiger partial charge in [-0.25, -0.2) is 0 Å². The first kappa shape index (κ1) is 18.2. The van der Waals surface area contributed by atoms with Crippen LogP contribution in [-0.4, -0.2) is 12.5 Å². The molecule has 108 valence electrons. The van der Waals surface area contributed by atoms with Gasteiger partial charge in [0.2, 0.25) is 0 Å². The van der Waals surface area contributed by atoms with E-state index in [-0.39, 0.29) is 24.0 Å². The second-order valence-electron chi connectivity index (χ2n) is 4.88. The predicted octanol–water partition coefficient (Wildman–Crippen LogP) is 4.34. The van der Waals surface area contributed by atoms with Crippen LogP contribution < -0.4 is 11.1 Å². The van der Waals surface area contributed by atoms with Crippen molar-refractivity contribution in [3.8, 4) is 0 Å². The second kappa shape index (κ2) is 10.1. The lowest BCUT2D eigenvalue weighted by molar-refractivity contribution is 0.727. The Balaban J connectivity index is 0.00000324. The number of anilines is 1. The summed E-state index contributed by atoms with van der Waals surface area (Å²) in [5, 5.41) is 3.14. The summed E-state index contributed by atoms with van der Waals surface area (Å²) in [6, 6.07) is 8.31. The van der Waals surface area contributed by atoms with Crippen molar-refractivity contribution in [1.29, 1.82) is 0 Å². The smallest absolute Gasteiger partial charge is 0.193 e. The molecule has 0 saturated carbocycles. The van der Waals surface area contributed by atoms with Crippen LogP contribution in [0.3, 0.4) is 0 Å². The molecule has 0 amide bonds. The molecule has 0 atom stereocenters. The SMILES string of the molecule is CCCCCN=C(N)Nc1cccc(C(C)C)c1.I. The molecule has 0 aliphatic heterocycles. The Bertz CT molecular complexity index is 389. The fourth-order valence-electron chi connectivity index (χ4n) is 1.72. The number of halogens is 1. The summed E-state index contributed by atoms with van der Waals surface area (Å²) < 4.78 is 0. The highest BCUT2D eigenvalue weighted by molar-refractivity contribution is 14.0. The monoisotopic (exact) mass is 375 g/mol. The quantitative estimate of drug-likeness (QED) is 0.336. The maximum atomic E-state index is 5.85. The first-order valence-electron chi connectivity index (χ1n) is 6.80. The van der Waals surface area contributed by atoms with Gasteiger partial charge < -0.3 is 11.1 Å². The van der Waals surface area contributed by atoms with Gasteiger partial charge in [-0.1, -0.05) is 45.7 Å². The Hall–Kier alpha value is -0.780. The summed E-state index contributed by atoms with van der Waals surface area (Å²) >= 11 is 0. The minimum atomic E-state index is 0. The predicted molar refractivity (Wildman–Crippen MR) is 95.6 cm³/mol. The molecule has 3 nitrogen and oxygen atoms in total. The fourth-order valence-corrected chi connectivity index (χ4v) is 1.72. The van der Waals surface area contributed by atoms with Gasteiger partial charge in [0.25, 0.3) is 0 Å². The van der Waals surface area contributed by atoms with E-state index in [0.717, 1.165) is 18.7 Å². The highest BCUT2D eigenvalue weighted by atomic mass is 127. The van der Waals surface area contributed by atoms with E-state index in [9.17, 15) is 0 Å². The van der Waals surface area contributed by atoms with Crippen LogP contribution in [0.25, 0.3) is 0 Å². The normalized spacial score (nSPS) is 11.3. The third-order valence-electron chi connectivity index (χ3n) is 2.87. The summed E-state index contributed by atoms with van der Waals surface area (Å²) in [4.78, 5) is 4.31. The largest absolute Gasteiger partial charge is 0.370 e. The van der Waals surface area contributed by atoms with Crippen LogP contribution in [0.1, 0.15) is 51.5 Å². The highest BCUT2D eigenvalue weighted by Gasteiger charge is 2.00. The van der Waals surface area contributed by atoms with Gasteiger partial charge in [-0.15, -0.1) is 24.0 Å². The molecule has 0 saturated heterocycles. The number of benzene rings is 1. The molecule has 0 heterocycles. The van der Waals surface area contributed by atoms with E-state index < -0.39 is 0 Å². The fraction of sp³-hybridized carbons (Fsp3) is 0.533. The van der Waals surface area contributed by atoms with E-state index in [4.69, 9.17) is 5.73 Å². The molecular weight excluding hydrogens is 349 g/mol. The highest BCUT2D eigenvalue weighted by Crippen LogP contribution is 2.18. The van der Waals surface area contributed by atoms with Crippen LogP contribution in [0.2, 0.25) is 0 Å². The number of nitrogens with zero attached hydrogens (tertiary/aromatic N) is 1. The van der Waals surface area contributed by atoms with Crippen LogP contribution in [0, 0.1) is 0 Å². The zero-order valence-corrected chi connectivity index (χ0v) is 14.5. The Morgan fingerprint density at radius 1 is 1.32 bits per heavy atom. The summed E-state index contributed by atoms with van der Waals surface area (Å²) in [5.41, 5.74) is 8.17. The standard InChI is InChI=1S/C15H25N3.HI/c1-4-5-6-10-17-15(16)18-14-9-7-8-13(11-14)12(2)3;/h7-9,11-12H,4-6,10H2,1-3H3,(H3,16,17,18);1H. The van der Waals surface area contributed by atoms with Gasteiger partial charge >= 0.3 is 0 Å². The van der Waals surface area contributed by atoms with Crippen molar-refractivity contribution in [2.24, 2.45) is 10.7 Å². The molecule has 0 spiro atoms. The number of nitrogens with two attached hydrogens (primary N) is 1. The summed E-state index contributed by atoms with van der Waals surface area (Å²) in [6.07, 6.45) is 3.52. The topological polar surface area (TPSA) is 50.4 Å². The van der Waals surface area contributed by atoms with Gasteiger partial charge in [-0.05, 0) is 30.0 Å². The Labute approximate surface area is 134 Å². The third-order valence-corrected chi connectivity index (χ3v) is 2.87. The number of rotatable bonds is 6.